The van der Waals surface area contributed by atoms with Crippen molar-refractivity contribution >= 4 is 34.8 Å². The predicted molar refractivity (Wildman–Crippen MR) is 94.5 cm³/mol. The van der Waals surface area contributed by atoms with E-state index >= 15 is 0 Å². The van der Waals surface area contributed by atoms with E-state index in [4.69, 9.17) is 11.6 Å². The van der Waals surface area contributed by atoms with Crippen LogP contribution in [0, 0.1) is 0 Å². The molecule has 1 saturated heterocycles. The normalized spacial score (nSPS) is 14.0. The van der Waals surface area contributed by atoms with E-state index in [0.29, 0.717) is 30.0 Å². The first-order valence-electron chi connectivity index (χ1n) is 7.99. The minimum atomic E-state index is -0.0807. The van der Waals surface area contributed by atoms with Crippen LogP contribution in [0.1, 0.15) is 36.0 Å². The number of likely N-dealkylation sites (tertiary alicyclic amines) is 1. The summed E-state index contributed by atoms with van der Waals surface area (Å²) in [6.45, 7) is 1.61. The number of anilines is 2. The number of halogens is 1. The van der Waals surface area contributed by atoms with Gasteiger partial charge in [0.1, 0.15) is 0 Å². The molecule has 1 fully saturated rings. The molecule has 1 aliphatic heterocycles. The van der Waals surface area contributed by atoms with Crippen LogP contribution in [0.2, 0.25) is 0 Å². The molecule has 5 nitrogen and oxygen atoms in total. The Morgan fingerprint density at radius 2 is 1.96 bits per heavy atom. The van der Waals surface area contributed by atoms with Gasteiger partial charge in [-0.2, -0.15) is 0 Å². The van der Waals surface area contributed by atoms with Crippen LogP contribution in [-0.4, -0.2) is 49.8 Å². The summed E-state index contributed by atoms with van der Waals surface area (Å²) in [5.74, 6) is 0.414. The first-order chi connectivity index (χ1) is 11.0. The molecule has 1 heterocycles. The number of rotatable bonds is 6. The van der Waals surface area contributed by atoms with Crippen molar-refractivity contribution in [3.8, 4) is 0 Å². The van der Waals surface area contributed by atoms with E-state index in [-0.39, 0.29) is 11.8 Å². The molecule has 0 atom stereocenters. The molecule has 0 spiro atoms. The van der Waals surface area contributed by atoms with E-state index < -0.39 is 0 Å². The molecule has 6 heteroatoms. The van der Waals surface area contributed by atoms with Crippen molar-refractivity contribution in [2.45, 2.75) is 25.7 Å². The highest BCUT2D eigenvalue weighted by molar-refractivity contribution is 6.18. The molecule has 0 radical (unpaired) electrons. The van der Waals surface area contributed by atoms with Gasteiger partial charge in [-0.15, -0.1) is 11.6 Å². The van der Waals surface area contributed by atoms with Gasteiger partial charge in [0.05, 0.1) is 5.56 Å². The zero-order valence-electron chi connectivity index (χ0n) is 13.8. The molecule has 0 aromatic heterocycles. The smallest absolute Gasteiger partial charge is 0.256 e. The third kappa shape index (κ3) is 4.61. The van der Waals surface area contributed by atoms with Crippen molar-refractivity contribution in [3.63, 3.8) is 0 Å². The zero-order valence-corrected chi connectivity index (χ0v) is 14.5. The average Bonchev–Trinajstić information content (AvgIpc) is 3.06. The molecule has 23 heavy (non-hydrogen) atoms. The molecule has 126 valence electrons. The molecule has 0 bridgehead atoms. The molecule has 2 rings (SSSR count). The Kier molecular flexibility index (Phi) is 6.28. The maximum Gasteiger partial charge on any atom is 0.256 e. The summed E-state index contributed by atoms with van der Waals surface area (Å²) in [6, 6.07) is 5.48. The van der Waals surface area contributed by atoms with Gasteiger partial charge >= 0.3 is 0 Å². The summed E-state index contributed by atoms with van der Waals surface area (Å²) < 4.78 is 0. The molecule has 1 aliphatic rings. The van der Waals surface area contributed by atoms with E-state index in [9.17, 15) is 9.59 Å². The standard InChI is InChI=1S/C17H24ClN3O2/c1-20(2)15-8-7-13(19-16(22)6-5-9-18)12-14(15)17(23)21-10-3-4-11-21/h7-8,12H,3-6,9-11H2,1-2H3,(H,19,22). The minimum absolute atomic E-state index is 0.0306. The number of benzene rings is 1. The first kappa shape index (κ1) is 17.6. The minimum Gasteiger partial charge on any atom is -0.377 e. The van der Waals surface area contributed by atoms with Crippen LogP contribution in [-0.2, 0) is 4.79 Å². The highest BCUT2D eigenvalue weighted by Gasteiger charge is 2.23. The fourth-order valence-electron chi connectivity index (χ4n) is 2.72. The van der Waals surface area contributed by atoms with Crippen LogP contribution in [0.15, 0.2) is 18.2 Å². The molecular weight excluding hydrogens is 314 g/mol. The van der Waals surface area contributed by atoms with E-state index in [1.54, 1.807) is 6.07 Å². The molecule has 0 saturated carbocycles. The summed E-state index contributed by atoms with van der Waals surface area (Å²) in [5.41, 5.74) is 2.14. The second-order valence-corrected chi connectivity index (χ2v) is 6.34. The van der Waals surface area contributed by atoms with Crippen LogP contribution in [0.3, 0.4) is 0 Å². The van der Waals surface area contributed by atoms with E-state index in [1.807, 2.05) is 36.0 Å². The molecular formula is C17H24ClN3O2. The van der Waals surface area contributed by atoms with Gasteiger partial charge in [0.2, 0.25) is 5.91 Å². The van der Waals surface area contributed by atoms with Crippen molar-refractivity contribution in [2.24, 2.45) is 0 Å². The maximum absolute atomic E-state index is 12.8. The van der Waals surface area contributed by atoms with E-state index in [1.165, 1.54) is 0 Å². The monoisotopic (exact) mass is 337 g/mol. The predicted octanol–water partition coefficient (Wildman–Crippen LogP) is 2.95. The number of nitrogens with one attached hydrogen (secondary N) is 1. The lowest BCUT2D eigenvalue weighted by Crippen LogP contribution is -2.29. The van der Waals surface area contributed by atoms with Gasteiger partial charge in [0, 0.05) is 50.9 Å². The van der Waals surface area contributed by atoms with E-state index in [2.05, 4.69) is 5.32 Å². The fraction of sp³-hybridized carbons (Fsp3) is 0.529. The molecule has 1 aromatic carbocycles. The molecule has 0 unspecified atom stereocenters. The lowest BCUT2D eigenvalue weighted by Gasteiger charge is -2.22. The number of carbonyl (C=O) groups excluding carboxylic acids is 2. The highest BCUT2D eigenvalue weighted by atomic mass is 35.5. The lowest BCUT2D eigenvalue weighted by atomic mass is 10.1. The Morgan fingerprint density at radius 3 is 2.57 bits per heavy atom. The van der Waals surface area contributed by atoms with Crippen LogP contribution in [0.25, 0.3) is 0 Å². The van der Waals surface area contributed by atoms with Gasteiger partial charge in [-0.1, -0.05) is 0 Å². The number of hydrogen-bond acceptors (Lipinski definition) is 3. The number of hydrogen-bond donors (Lipinski definition) is 1. The van der Waals surface area contributed by atoms with Crippen LogP contribution < -0.4 is 10.2 Å². The van der Waals surface area contributed by atoms with Gasteiger partial charge in [-0.3, -0.25) is 9.59 Å². The topological polar surface area (TPSA) is 52.7 Å². The van der Waals surface area contributed by atoms with Crippen molar-refractivity contribution in [1.29, 1.82) is 0 Å². The average molecular weight is 338 g/mol. The zero-order chi connectivity index (χ0) is 16.8. The highest BCUT2D eigenvalue weighted by Crippen LogP contribution is 2.26. The first-order valence-corrected chi connectivity index (χ1v) is 8.53. The van der Waals surface area contributed by atoms with Crippen LogP contribution >= 0.6 is 11.6 Å². The second kappa shape index (κ2) is 8.20. The summed E-state index contributed by atoms with van der Waals surface area (Å²) in [7, 11) is 3.82. The summed E-state index contributed by atoms with van der Waals surface area (Å²) in [5, 5.41) is 2.84. The Bertz CT molecular complexity index is 569. The van der Waals surface area contributed by atoms with Crippen LogP contribution in [0.5, 0.6) is 0 Å². The quantitative estimate of drug-likeness (QED) is 0.812. The van der Waals surface area contributed by atoms with Crippen LogP contribution in [0.4, 0.5) is 11.4 Å². The van der Waals surface area contributed by atoms with Gasteiger partial charge in [-0.25, -0.2) is 0 Å². The summed E-state index contributed by atoms with van der Waals surface area (Å²) in [6.07, 6.45) is 3.13. The molecule has 1 aromatic rings. The number of nitrogens with zero attached hydrogens (tertiary/aromatic N) is 2. The Morgan fingerprint density at radius 1 is 1.26 bits per heavy atom. The molecule has 1 N–H and O–H groups in total. The van der Waals surface area contributed by atoms with Gasteiger partial charge in [-0.05, 0) is 37.5 Å². The number of carbonyl (C=O) groups is 2. The SMILES string of the molecule is CN(C)c1ccc(NC(=O)CCCCl)cc1C(=O)N1CCCC1. The van der Waals surface area contributed by atoms with E-state index in [0.717, 1.165) is 31.6 Å². The van der Waals surface area contributed by atoms with Crippen molar-refractivity contribution in [1.82, 2.24) is 4.90 Å². The maximum atomic E-state index is 12.8. The van der Waals surface area contributed by atoms with Crippen molar-refractivity contribution < 1.29 is 9.59 Å². The second-order valence-electron chi connectivity index (χ2n) is 5.97. The Hall–Kier alpha value is -1.75. The summed E-state index contributed by atoms with van der Waals surface area (Å²) in [4.78, 5) is 28.4. The van der Waals surface area contributed by atoms with Crippen molar-refractivity contribution in [3.05, 3.63) is 23.8 Å². The van der Waals surface area contributed by atoms with Gasteiger partial charge in [0.25, 0.3) is 5.91 Å². The fourth-order valence-corrected chi connectivity index (χ4v) is 2.85. The molecule has 2 amide bonds. The number of amides is 2. The third-order valence-electron chi connectivity index (χ3n) is 3.92. The number of alkyl halides is 1. The lowest BCUT2D eigenvalue weighted by molar-refractivity contribution is -0.116. The van der Waals surface area contributed by atoms with Gasteiger partial charge < -0.3 is 15.1 Å². The molecule has 0 aliphatic carbocycles. The van der Waals surface area contributed by atoms with Gasteiger partial charge in [0.15, 0.2) is 0 Å². The Balaban J connectivity index is 2.21. The third-order valence-corrected chi connectivity index (χ3v) is 4.19. The Labute approximate surface area is 142 Å². The largest absolute Gasteiger partial charge is 0.377 e. The van der Waals surface area contributed by atoms with Crippen molar-refractivity contribution in [2.75, 3.05) is 43.3 Å². The summed E-state index contributed by atoms with van der Waals surface area (Å²) >= 11 is 5.61.